The molecule has 0 fully saturated rings. The van der Waals surface area contributed by atoms with Crippen LogP contribution in [0.25, 0.3) is 0 Å². The van der Waals surface area contributed by atoms with Gasteiger partial charge in [-0.1, -0.05) is 65.7 Å². The maximum Gasteiger partial charge on any atom is 0.264 e. The largest absolute Gasteiger partial charge is 0.457 e. The maximum atomic E-state index is 14.0. The van der Waals surface area contributed by atoms with E-state index in [1.54, 1.807) is 86.6 Å². The molecule has 8 nitrogen and oxygen atoms in total. The molecule has 4 aromatic rings. The number of amides is 2. The fourth-order valence-corrected chi connectivity index (χ4v) is 6.26. The Balaban J connectivity index is 1.71. The van der Waals surface area contributed by atoms with Crippen LogP contribution in [0.3, 0.4) is 0 Å². The summed E-state index contributed by atoms with van der Waals surface area (Å²) in [5.74, 6) is 0.0726. The van der Waals surface area contributed by atoms with Gasteiger partial charge in [0.15, 0.2) is 0 Å². The number of likely N-dealkylation sites (N-methyl/N-ethyl adjacent to an activating group) is 1. The number of para-hydroxylation sites is 1. The number of benzene rings is 4. The van der Waals surface area contributed by atoms with Crippen LogP contribution in [-0.2, 0) is 26.2 Å². The minimum Gasteiger partial charge on any atom is -0.457 e. The van der Waals surface area contributed by atoms with Crippen molar-refractivity contribution >= 4 is 50.7 Å². The van der Waals surface area contributed by atoms with Gasteiger partial charge < -0.3 is 15.0 Å². The van der Waals surface area contributed by atoms with Crippen molar-refractivity contribution in [2.24, 2.45) is 0 Å². The molecule has 1 atom stereocenters. The third-order valence-corrected chi connectivity index (χ3v) is 9.12. The van der Waals surface area contributed by atoms with E-state index in [2.05, 4.69) is 5.32 Å². The lowest BCUT2D eigenvalue weighted by Gasteiger charge is -2.32. The highest BCUT2D eigenvalue weighted by Gasteiger charge is 2.33. The first kappa shape index (κ1) is 31.9. The molecule has 0 radical (unpaired) electrons. The van der Waals surface area contributed by atoms with Crippen LogP contribution in [0.2, 0.25) is 10.0 Å². The molecule has 0 saturated carbocycles. The van der Waals surface area contributed by atoms with E-state index >= 15 is 0 Å². The number of ether oxygens (including phenoxy) is 1. The summed E-state index contributed by atoms with van der Waals surface area (Å²) in [7, 11) is -4.21. The second-order valence-corrected chi connectivity index (χ2v) is 12.2. The third kappa shape index (κ3) is 7.87. The summed E-state index contributed by atoms with van der Waals surface area (Å²) >= 11 is 12.8. The number of halogens is 2. The third-order valence-electron chi connectivity index (χ3n) is 6.62. The summed E-state index contributed by atoms with van der Waals surface area (Å²) in [4.78, 5) is 28.2. The van der Waals surface area contributed by atoms with Gasteiger partial charge in [0.25, 0.3) is 10.0 Å². The SMILES string of the molecule is CCNC(=O)C(C)N(Cc1c(Cl)cccc1Cl)C(=O)CN(c1ccc(Oc2ccccc2)cc1)S(=O)(=O)c1ccccc1. The predicted molar refractivity (Wildman–Crippen MR) is 169 cm³/mol. The van der Waals surface area contributed by atoms with E-state index in [4.69, 9.17) is 27.9 Å². The summed E-state index contributed by atoms with van der Waals surface area (Å²) in [6.07, 6.45) is 0. The van der Waals surface area contributed by atoms with Crippen LogP contribution in [0, 0.1) is 0 Å². The molecule has 0 saturated heterocycles. The van der Waals surface area contributed by atoms with Crippen molar-refractivity contribution in [1.82, 2.24) is 10.2 Å². The minimum atomic E-state index is -4.21. The summed E-state index contributed by atoms with van der Waals surface area (Å²) in [5, 5.41) is 3.35. The Kier molecular flexibility index (Phi) is 10.7. The standard InChI is InChI=1S/C32H31Cl2N3O5S/c1-3-35-32(39)23(2)36(21-28-29(33)15-10-16-30(28)34)31(38)22-37(43(40,41)27-13-8-5-9-14-27)24-17-19-26(20-18-24)42-25-11-6-4-7-12-25/h4-20,23H,3,21-22H2,1-2H3,(H,35,39). The van der Waals surface area contributed by atoms with Gasteiger partial charge in [0.05, 0.1) is 10.6 Å². The molecule has 224 valence electrons. The first-order valence-electron chi connectivity index (χ1n) is 13.5. The summed E-state index contributed by atoms with van der Waals surface area (Å²) in [5.41, 5.74) is 0.675. The Hall–Kier alpha value is -4.05. The highest BCUT2D eigenvalue weighted by molar-refractivity contribution is 7.92. The Morgan fingerprint density at radius 3 is 1.95 bits per heavy atom. The number of nitrogens with one attached hydrogen (secondary N) is 1. The molecule has 0 aliphatic carbocycles. The van der Waals surface area contributed by atoms with Crippen LogP contribution in [0.15, 0.2) is 108 Å². The molecule has 0 aliphatic rings. The highest BCUT2D eigenvalue weighted by Crippen LogP contribution is 2.30. The average molecular weight is 641 g/mol. The van der Waals surface area contributed by atoms with Gasteiger partial charge in [0.2, 0.25) is 11.8 Å². The fourth-order valence-electron chi connectivity index (χ4n) is 4.31. The Bertz CT molecular complexity index is 1630. The Morgan fingerprint density at radius 1 is 0.814 bits per heavy atom. The normalized spacial score (nSPS) is 11.8. The second-order valence-electron chi connectivity index (χ2n) is 9.53. The molecular weight excluding hydrogens is 609 g/mol. The maximum absolute atomic E-state index is 14.0. The summed E-state index contributed by atoms with van der Waals surface area (Å²) in [6, 6.07) is 27.3. The second kappa shape index (κ2) is 14.4. The molecule has 2 amide bonds. The minimum absolute atomic E-state index is 0.00452. The van der Waals surface area contributed by atoms with Crippen molar-refractivity contribution in [3.63, 3.8) is 0 Å². The summed E-state index contributed by atoms with van der Waals surface area (Å²) < 4.78 is 34.8. The molecule has 0 bridgehead atoms. The van der Waals surface area contributed by atoms with Gasteiger partial charge in [0, 0.05) is 28.7 Å². The number of sulfonamides is 1. The summed E-state index contributed by atoms with van der Waals surface area (Å²) in [6.45, 7) is 2.98. The van der Waals surface area contributed by atoms with Gasteiger partial charge in [-0.05, 0) is 74.5 Å². The van der Waals surface area contributed by atoms with Crippen molar-refractivity contribution in [1.29, 1.82) is 0 Å². The average Bonchev–Trinajstić information content (AvgIpc) is 3.01. The predicted octanol–water partition coefficient (Wildman–Crippen LogP) is 6.53. The van der Waals surface area contributed by atoms with Crippen LogP contribution < -0.4 is 14.4 Å². The topological polar surface area (TPSA) is 96.0 Å². The number of anilines is 1. The molecule has 0 aliphatic heterocycles. The van der Waals surface area contributed by atoms with Crippen LogP contribution in [0.5, 0.6) is 11.5 Å². The van der Waals surface area contributed by atoms with Crippen molar-refractivity contribution < 1.29 is 22.7 Å². The van der Waals surface area contributed by atoms with E-state index in [1.807, 2.05) is 18.2 Å². The van der Waals surface area contributed by atoms with E-state index < -0.39 is 34.4 Å². The van der Waals surface area contributed by atoms with Gasteiger partial charge in [-0.2, -0.15) is 0 Å². The molecule has 0 spiro atoms. The van der Waals surface area contributed by atoms with Gasteiger partial charge in [-0.15, -0.1) is 0 Å². The van der Waals surface area contributed by atoms with Crippen LogP contribution in [-0.4, -0.2) is 44.3 Å². The van der Waals surface area contributed by atoms with Crippen molar-refractivity contribution in [2.75, 3.05) is 17.4 Å². The highest BCUT2D eigenvalue weighted by atomic mass is 35.5. The van der Waals surface area contributed by atoms with Crippen LogP contribution in [0.4, 0.5) is 5.69 Å². The van der Waals surface area contributed by atoms with Crippen molar-refractivity contribution in [3.05, 3.63) is 119 Å². The molecule has 0 heterocycles. The lowest BCUT2D eigenvalue weighted by Crippen LogP contribution is -2.51. The quantitative estimate of drug-likeness (QED) is 0.190. The van der Waals surface area contributed by atoms with E-state index in [1.165, 1.54) is 17.0 Å². The monoisotopic (exact) mass is 639 g/mol. The molecule has 43 heavy (non-hydrogen) atoms. The van der Waals surface area contributed by atoms with Crippen LogP contribution in [0.1, 0.15) is 19.4 Å². The molecular formula is C32H31Cl2N3O5S. The van der Waals surface area contributed by atoms with Crippen LogP contribution >= 0.6 is 23.2 Å². The van der Waals surface area contributed by atoms with E-state index in [0.29, 0.717) is 33.7 Å². The molecule has 1 N–H and O–H groups in total. The number of rotatable bonds is 12. The molecule has 0 aromatic heterocycles. The van der Waals surface area contributed by atoms with Gasteiger partial charge in [0.1, 0.15) is 24.1 Å². The molecule has 1 unspecified atom stereocenters. The smallest absolute Gasteiger partial charge is 0.264 e. The number of hydrogen-bond acceptors (Lipinski definition) is 5. The lowest BCUT2D eigenvalue weighted by atomic mass is 10.1. The first-order chi connectivity index (χ1) is 20.6. The Labute approximate surface area is 261 Å². The zero-order valence-corrected chi connectivity index (χ0v) is 25.9. The molecule has 4 aromatic carbocycles. The van der Waals surface area contributed by atoms with E-state index in [0.717, 1.165) is 4.31 Å². The van der Waals surface area contributed by atoms with E-state index in [-0.39, 0.29) is 17.1 Å². The molecule has 4 rings (SSSR count). The molecule has 11 heteroatoms. The van der Waals surface area contributed by atoms with Crippen molar-refractivity contribution in [2.45, 2.75) is 31.3 Å². The number of hydrogen-bond donors (Lipinski definition) is 1. The number of carbonyl (C=O) groups is 2. The van der Waals surface area contributed by atoms with Gasteiger partial charge in [-0.25, -0.2) is 8.42 Å². The van der Waals surface area contributed by atoms with E-state index in [9.17, 15) is 18.0 Å². The zero-order valence-electron chi connectivity index (χ0n) is 23.6. The first-order valence-corrected chi connectivity index (χ1v) is 15.7. The number of nitrogens with zero attached hydrogens (tertiary/aromatic N) is 2. The van der Waals surface area contributed by atoms with Gasteiger partial charge in [-0.3, -0.25) is 13.9 Å². The fraction of sp³-hybridized carbons (Fsp3) is 0.188. The van der Waals surface area contributed by atoms with Gasteiger partial charge >= 0.3 is 0 Å². The zero-order chi connectivity index (χ0) is 31.0. The number of carbonyl (C=O) groups excluding carboxylic acids is 2. The Morgan fingerprint density at radius 2 is 1.37 bits per heavy atom. The van der Waals surface area contributed by atoms with Crippen molar-refractivity contribution in [3.8, 4) is 11.5 Å². The lowest BCUT2D eigenvalue weighted by molar-refractivity contribution is -0.139.